The summed E-state index contributed by atoms with van der Waals surface area (Å²) in [7, 11) is 1.82. The van der Waals surface area contributed by atoms with Gasteiger partial charge in [0.2, 0.25) is 5.91 Å². The number of nitrogens with one attached hydrogen (secondary N) is 2. The molecule has 1 aromatic rings. The average Bonchev–Trinajstić information content (AvgIpc) is 3.12. The molecule has 2 aliphatic heterocycles. The molecule has 29 heavy (non-hydrogen) atoms. The smallest absolute Gasteiger partial charge is 0.223 e. The van der Waals surface area contributed by atoms with Crippen LogP contribution in [0, 0.1) is 5.92 Å². The number of guanidine groups is 1. The van der Waals surface area contributed by atoms with Crippen LogP contribution in [0.15, 0.2) is 35.3 Å². The molecule has 1 amide bonds. The summed E-state index contributed by atoms with van der Waals surface area (Å²) < 4.78 is 0. The highest BCUT2D eigenvalue weighted by Crippen LogP contribution is 2.18. The Bertz CT molecular complexity index is 662. The maximum Gasteiger partial charge on any atom is 0.223 e. The summed E-state index contributed by atoms with van der Waals surface area (Å²) in [6.45, 7) is 7.92. The number of hydrogen-bond acceptors (Lipinski definition) is 3. The van der Waals surface area contributed by atoms with Crippen LogP contribution in [-0.4, -0.2) is 74.0 Å². The van der Waals surface area contributed by atoms with Crippen molar-refractivity contribution in [2.75, 3.05) is 46.3 Å². The van der Waals surface area contributed by atoms with E-state index in [-0.39, 0.29) is 5.91 Å². The van der Waals surface area contributed by atoms with Gasteiger partial charge in [-0.25, -0.2) is 0 Å². The van der Waals surface area contributed by atoms with E-state index >= 15 is 0 Å². The summed E-state index contributed by atoms with van der Waals surface area (Å²) >= 11 is 0. The molecule has 2 saturated heterocycles. The molecule has 1 aromatic carbocycles. The van der Waals surface area contributed by atoms with E-state index in [4.69, 9.17) is 0 Å². The molecule has 2 unspecified atom stereocenters. The largest absolute Gasteiger partial charge is 0.356 e. The Morgan fingerprint density at radius 2 is 1.97 bits per heavy atom. The molecule has 160 valence electrons. The highest BCUT2D eigenvalue weighted by Gasteiger charge is 2.29. The van der Waals surface area contributed by atoms with Crippen molar-refractivity contribution in [2.24, 2.45) is 10.9 Å². The number of rotatable bonds is 8. The molecule has 0 saturated carbocycles. The van der Waals surface area contributed by atoms with E-state index in [9.17, 15) is 4.79 Å². The van der Waals surface area contributed by atoms with Gasteiger partial charge in [0.1, 0.15) is 0 Å². The predicted molar refractivity (Wildman–Crippen MR) is 119 cm³/mol. The van der Waals surface area contributed by atoms with E-state index < -0.39 is 0 Å². The van der Waals surface area contributed by atoms with E-state index in [0.29, 0.717) is 18.4 Å². The third-order valence-electron chi connectivity index (χ3n) is 6.25. The minimum atomic E-state index is 0.275. The van der Waals surface area contributed by atoms with Crippen molar-refractivity contribution in [1.29, 1.82) is 0 Å². The monoisotopic (exact) mass is 399 g/mol. The number of aliphatic imine (C=N–C) groups is 1. The first-order valence-corrected chi connectivity index (χ1v) is 11.2. The number of benzene rings is 1. The van der Waals surface area contributed by atoms with Crippen molar-refractivity contribution in [1.82, 2.24) is 20.4 Å². The molecule has 0 aliphatic carbocycles. The van der Waals surface area contributed by atoms with Gasteiger partial charge in [0.05, 0.1) is 0 Å². The third kappa shape index (κ3) is 6.46. The first-order valence-electron chi connectivity index (χ1n) is 11.2. The highest BCUT2D eigenvalue weighted by molar-refractivity contribution is 5.80. The van der Waals surface area contributed by atoms with Crippen LogP contribution in [0.5, 0.6) is 0 Å². The maximum atomic E-state index is 12.4. The van der Waals surface area contributed by atoms with Crippen LogP contribution >= 0.6 is 0 Å². The van der Waals surface area contributed by atoms with Crippen molar-refractivity contribution >= 4 is 11.9 Å². The lowest BCUT2D eigenvalue weighted by atomic mass is 10.0. The van der Waals surface area contributed by atoms with Crippen LogP contribution in [0.2, 0.25) is 0 Å². The number of hydrogen-bond donors (Lipinski definition) is 2. The van der Waals surface area contributed by atoms with Crippen molar-refractivity contribution in [3.63, 3.8) is 0 Å². The predicted octanol–water partition coefficient (Wildman–Crippen LogP) is 2.12. The molecular weight excluding hydrogens is 362 g/mol. The summed E-state index contributed by atoms with van der Waals surface area (Å²) in [4.78, 5) is 21.3. The second-order valence-corrected chi connectivity index (χ2v) is 8.26. The number of amides is 1. The van der Waals surface area contributed by atoms with Crippen LogP contribution in [0.1, 0.15) is 38.2 Å². The molecule has 2 aliphatic rings. The van der Waals surface area contributed by atoms with Gasteiger partial charge in [-0.3, -0.25) is 14.7 Å². The SMILES string of the molecule is CCN1CCCCC1CNC(=NC)NCC1CC(=O)N(CCc2ccccc2)C1. The van der Waals surface area contributed by atoms with Gasteiger partial charge in [0.25, 0.3) is 0 Å². The van der Waals surface area contributed by atoms with Gasteiger partial charge >= 0.3 is 0 Å². The van der Waals surface area contributed by atoms with Crippen molar-refractivity contribution < 1.29 is 4.79 Å². The summed E-state index contributed by atoms with van der Waals surface area (Å²) in [5.74, 6) is 1.47. The van der Waals surface area contributed by atoms with Crippen LogP contribution in [-0.2, 0) is 11.2 Å². The van der Waals surface area contributed by atoms with Gasteiger partial charge in [-0.05, 0) is 37.9 Å². The second-order valence-electron chi connectivity index (χ2n) is 8.26. The Morgan fingerprint density at radius 1 is 1.17 bits per heavy atom. The quantitative estimate of drug-likeness (QED) is 0.519. The van der Waals surface area contributed by atoms with Gasteiger partial charge in [0, 0.05) is 51.6 Å². The van der Waals surface area contributed by atoms with Gasteiger partial charge in [-0.2, -0.15) is 0 Å². The van der Waals surface area contributed by atoms with Gasteiger partial charge in [-0.15, -0.1) is 0 Å². The topological polar surface area (TPSA) is 60.0 Å². The van der Waals surface area contributed by atoms with Crippen molar-refractivity contribution in [3.8, 4) is 0 Å². The number of nitrogens with zero attached hydrogens (tertiary/aromatic N) is 3. The van der Waals surface area contributed by atoms with E-state index in [1.54, 1.807) is 0 Å². The second kappa shape index (κ2) is 11.2. The fourth-order valence-electron chi connectivity index (χ4n) is 4.50. The number of likely N-dealkylation sites (N-methyl/N-ethyl adjacent to an activating group) is 1. The average molecular weight is 400 g/mol. The number of carbonyl (C=O) groups is 1. The molecule has 0 spiro atoms. The van der Waals surface area contributed by atoms with Crippen LogP contribution in [0.25, 0.3) is 0 Å². The highest BCUT2D eigenvalue weighted by atomic mass is 16.2. The Morgan fingerprint density at radius 3 is 2.72 bits per heavy atom. The number of piperidine rings is 1. The molecule has 6 heteroatoms. The van der Waals surface area contributed by atoms with Gasteiger partial charge < -0.3 is 15.5 Å². The standard InChI is InChI=1S/C23H37N5O/c1-3-27-13-8-7-11-21(27)17-26-23(24-2)25-16-20-15-22(29)28(18-20)14-12-19-9-5-4-6-10-19/h4-6,9-10,20-21H,3,7-8,11-18H2,1-2H3,(H2,24,25,26). The Hall–Kier alpha value is -2.08. The summed E-state index contributed by atoms with van der Waals surface area (Å²) in [6, 6.07) is 11.0. The van der Waals surface area contributed by atoms with E-state index in [2.05, 4.69) is 51.7 Å². The molecule has 2 heterocycles. The zero-order valence-electron chi connectivity index (χ0n) is 18.1. The van der Waals surface area contributed by atoms with E-state index in [1.165, 1.54) is 31.4 Å². The van der Waals surface area contributed by atoms with Gasteiger partial charge in [0.15, 0.2) is 5.96 Å². The summed E-state index contributed by atoms with van der Waals surface area (Å²) in [5, 5.41) is 6.94. The molecule has 0 bridgehead atoms. The lowest BCUT2D eigenvalue weighted by molar-refractivity contribution is -0.127. The minimum Gasteiger partial charge on any atom is -0.356 e. The Balaban J connectivity index is 1.38. The number of carbonyl (C=O) groups excluding carboxylic acids is 1. The summed E-state index contributed by atoms with van der Waals surface area (Å²) in [5.41, 5.74) is 1.29. The van der Waals surface area contributed by atoms with Crippen molar-refractivity contribution in [2.45, 2.75) is 45.1 Å². The molecule has 3 rings (SSSR count). The Kier molecular flexibility index (Phi) is 8.35. The zero-order valence-corrected chi connectivity index (χ0v) is 18.1. The fourth-order valence-corrected chi connectivity index (χ4v) is 4.50. The third-order valence-corrected chi connectivity index (χ3v) is 6.25. The summed E-state index contributed by atoms with van der Waals surface area (Å²) in [6.07, 6.45) is 5.44. The normalized spacial score (nSPS) is 23.4. The van der Waals surface area contributed by atoms with Crippen LogP contribution < -0.4 is 10.6 Å². The van der Waals surface area contributed by atoms with E-state index in [0.717, 1.165) is 45.1 Å². The molecule has 0 aromatic heterocycles. The molecule has 2 atom stereocenters. The zero-order chi connectivity index (χ0) is 20.5. The maximum absolute atomic E-state index is 12.4. The molecule has 0 radical (unpaired) electrons. The molecule has 6 nitrogen and oxygen atoms in total. The van der Waals surface area contributed by atoms with Crippen molar-refractivity contribution in [3.05, 3.63) is 35.9 Å². The lowest BCUT2D eigenvalue weighted by Crippen LogP contribution is -2.49. The number of likely N-dealkylation sites (tertiary alicyclic amines) is 2. The lowest BCUT2D eigenvalue weighted by Gasteiger charge is -2.35. The van der Waals surface area contributed by atoms with E-state index in [1.807, 2.05) is 18.0 Å². The fraction of sp³-hybridized carbons (Fsp3) is 0.652. The Labute approximate surface area is 175 Å². The van der Waals surface area contributed by atoms with Crippen LogP contribution in [0.3, 0.4) is 0 Å². The molecule has 2 N–H and O–H groups in total. The first kappa shape index (κ1) is 21.6. The molecular formula is C23H37N5O. The van der Waals surface area contributed by atoms with Crippen LogP contribution in [0.4, 0.5) is 0 Å². The van der Waals surface area contributed by atoms with Gasteiger partial charge in [-0.1, -0.05) is 43.7 Å². The molecule has 2 fully saturated rings. The minimum absolute atomic E-state index is 0.275. The first-order chi connectivity index (χ1) is 14.2.